The van der Waals surface area contributed by atoms with Gasteiger partial charge in [-0.15, -0.1) is 0 Å². The van der Waals surface area contributed by atoms with E-state index in [0.29, 0.717) is 44.4 Å². The van der Waals surface area contributed by atoms with Crippen molar-refractivity contribution in [3.05, 3.63) is 35.9 Å². The number of rotatable bonds is 11. The number of carbonyl (C=O) groups is 3. The highest BCUT2D eigenvalue weighted by Gasteiger charge is 2.23. The Labute approximate surface area is 202 Å². The molecule has 0 spiro atoms. The summed E-state index contributed by atoms with van der Waals surface area (Å²) in [4.78, 5) is 37.4. The van der Waals surface area contributed by atoms with Crippen molar-refractivity contribution >= 4 is 18.2 Å². The first kappa shape index (κ1) is 27.3. The van der Waals surface area contributed by atoms with E-state index in [1.165, 1.54) is 0 Å². The summed E-state index contributed by atoms with van der Waals surface area (Å²) in [5, 5.41) is 8.55. The monoisotopic (exact) mass is 476 g/mol. The lowest BCUT2D eigenvalue weighted by Gasteiger charge is -2.29. The van der Waals surface area contributed by atoms with Crippen LogP contribution >= 0.6 is 0 Å². The third-order valence-corrected chi connectivity index (χ3v) is 5.81. The van der Waals surface area contributed by atoms with Crippen LogP contribution in [-0.2, 0) is 16.0 Å². The average Bonchev–Trinajstić information content (AvgIpc) is 2.83. The highest BCUT2D eigenvalue weighted by atomic mass is 16.6. The van der Waals surface area contributed by atoms with Crippen LogP contribution in [-0.4, -0.2) is 62.5 Å². The van der Waals surface area contributed by atoms with Gasteiger partial charge >= 0.3 is 18.2 Å². The molecular formula is C25H40N4O5. The number of urea groups is 1. The van der Waals surface area contributed by atoms with Crippen molar-refractivity contribution in [2.24, 2.45) is 11.8 Å². The summed E-state index contributed by atoms with van der Waals surface area (Å²) in [6, 6.07) is 9.56. The number of nitrogens with one attached hydrogen (secondary N) is 3. The molecule has 1 aliphatic rings. The van der Waals surface area contributed by atoms with E-state index in [9.17, 15) is 14.4 Å². The molecule has 1 aromatic rings. The van der Waals surface area contributed by atoms with Crippen molar-refractivity contribution in [1.82, 2.24) is 20.9 Å². The van der Waals surface area contributed by atoms with E-state index in [2.05, 4.69) is 16.0 Å². The van der Waals surface area contributed by atoms with Gasteiger partial charge in [0.2, 0.25) is 0 Å². The molecule has 1 fully saturated rings. The van der Waals surface area contributed by atoms with Crippen molar-refractivity contribution in [3.63, 3.8) is 0 Å². The first-order valence-corrected chi connectivity index (χ1v) is 12.2. The van der Waals surface area contributed by atoms with Crippen LogP contribution in [0.15, 0.2) is 30.3 Å². The summed E-state index contributed by atoms with van der Waals surface area (Å²) >= 11 is 0. The van der Waals surface area contributed by atoms with Gasteiger partial charge < -0.3 is 30.3 Å². The van der Waals surface area contributed by atoms with Crippen LogP contribution < -0.4 is 16.0 Å². The molecule has 0 radical (unpaired) electrons. The van der Waals surface area contributed by atoms with E-state index in [1.807, 2.05) is 44.2 Å². The zero-order valence-electron chi connectivity index (χ0n) is 20.7. The SMILES string of the molecule is CC(C)OC(=O)NCC1CCCC(CNC(=O)OCCCN(C)C(=O)NCc2ccccc2)C1. The van der Waals surface area contributed by atoms with Gasteiger partial charge in [0.15, 0.2) is 0 Å². The zero-order chi connectivity index (χ0) is 24.8. The highest BCUT2D eigenvalue weighted by molar-refractivity contribution is 5.73. The Balaban J connectivity index is 1.53. The number of hydrogen-bond donors (Lipinski definition) is 3. The van der Waals surface area contributed by atoms with Gasteiger partial charge in [0, 0.05) is 33.2 Å². The number of hydrogen-bond acceptors (Lipinski definition) is 5. The number of ether oxygens (including phenoxy) is 2. The van der Waals surface area contributed by atoms with Crippen LogP contribution in [0, 0.1) is 11.8 Å². The second kappa shape index (κ2) is 15.0. The molecule has 9 nitrogen and oxygen atoms in total. The predicted octanol–water partition coefficient (Wildman–Crippen LogP) is 3.89. The van der Waals surface area contributed by atoms with Crippen LogP contribution in [0.3, 0.4) is 0 Å². The molecule has 0 bridgehead atoms. The second-order valence-corrected chi connectivity index (χ2v) is 9.17. The highest BCUT2D eigenvalue weighted by Crippen LogP contribution is 2.28. The summed E-state index contributed by atoms with van der Waals surface area (Å²) in [7, 11) is 1.72. The molecule has 34 heavy (non-hydrogen) atoms. The maximum absolute atomic E-state index is 12.1. The molecule has 190 valence electrons. The van der Waals surface area contributed by atoms with E-state index < -0.39 is 6.09 Å². The Bertz CT molecular complexity index is 759. The van der Waals surface area contributed by atoms with Crippen LogP contribution in [0.2, 0.25) is 0 Å². The van der Waals surface area contributed by atoms with E-state index in [-0.39, 0.29) is 24.8 Å². The van der Waals surface area contributed by atoms with Crippen LogP contribution in [0.4, 0.5) is 14.4 Å². The van der Waals surface area contributed by atoms with Crippen LogP contribution in [0.5, 0.6) is 0 Å². The van der Waals surface area contributed by atoms with Crippen molar-refractivity contribution in [2.45, 2.75) is 58.6 Å². The lowest BCUT2D eigenvalue weighted by Crippen LogP contribution is -2.38. The van der Waals surface area contributed by atoms with Crippen molar-refractivity contribution in [2.75, 3.05) is 33.3 Å². The van der Waals surface area contributed by atoms with Gasteiger partial charge in [-0.25, -0.2) is 14.4 Å². The third kappa shape index (κ3) is 11.2. The Kier molecular flexibility index (Phi) is 12.1. The maximum atomic E-state index is 12.1. The standard InChI is InChI=1S/C25H40N4O5/c1-19(2)34-25(32)28-18-22-12-7-11-21(15-22)17-27-24(31)33-14-8-13-29(3)23(30)26-16-20-9-5-4-6-10-20/h4-6,9-10,19,21-22H,7-8,11-18H2,1-3H3,(H,26,30)(H,27,31)(H,28,32). The fourth-order valence-corrected chi connectivity index (χ4v) is 4.01. The Morgan fingerprint density at radius 2 is 1.65 bits per heavy atom. The van der Waals surface area contributed by atoms with E-state index in [0.717, 1.165) is 31.2 Å². The number of alkyl carbamates (subject to hydrolysis) is 2. The van der Waals surface area contributed by atoms with Gasteiger partial charge in [0.05, 0.1) is 12.7 Å². The van der Waals surface area contributed by atoms with Crippen molar-refractivity contribution in [3.8, 4) is 0 Å². The quantitative estimate of drug-likeness (QED) is 0.420. The number of benzene rings is 1. The molecule has 0 aliphatic heterocycles. The van der Waals surface area contributed by atoms with Crippen molar-refractivity contribution < 1.29 is 23.9 Å². The molecule has 9 heteroatoms. The minimum absolute atomic E-state index is 0.133. The molecule has 4 amide bonds. The zero-order valence-corrected chi connectivity index (χ0v) is 20.7. The van der Waals surface area contributed by atoms with Gasteiger partial charge in [-0.2, -0.15) is 0 Å². The normalized spacial score (nSPS) is 17.5. The number of carbonyl (C=O) groups excluding carboxylic acids is 3. The van der Waals surface area contributed by atoms with E-state index in [1.54, 1.807) is 11.9 Å². The molecule has 2 unspecified atom stereocenters. The molecule has 1 aliphatic carbocycles. The minimum Gasteiger partial charge on any atom is -0.449 e. The summed E-state index contributed by atoms with van der Waals surface area (Å²) in [5.74, 6) is 0.758. The molecular weight excluding hydrogens is 436 g/mol. The molecule has 2 atom stereocenters. The van der Waals surface area contributed by atoms with Gasteiger partial charge in [-0.05, 0) is 56.9 Å². The lowest BCUT2D eigenvalue weighted by molar-refractivity contribution is 0.112. The first-order chi connectivity index (χ1) is 16.3. The maximum Gasteiger partial charge on any atom is 0.407 e. The van der Waals surface area contributed by atoms with Crippen LogP contribution in [0.25, 0.3) is 0 Å². The second-order valence-electron chi connectivity index (χ2n) is 9.17. The number of amides is 4. The van der Waals surface area contributed by atoms with E-state index in [4.69, 9.17) is 9.47 Å². The number of nitrogens with zero attached hydrogens (tertiary/aromatic N) is 1. The summed E-state index contributed by atoms with van der Waals surface area (Å²) in [5.41, 5.74) is 1.04. The molecule has 1 saturated carbocycles. The molecule has 0 heterocycles. The Morgan fingerprint density at radius 1 is 1.00 bits per heavy atom. The summed E-state index contributed by atoms with van der Waals surface area (Å²) in [6.07, 6.45) is 3.76. The first-order valence-electron chi connectivity index (χ1n) is 12.2. The van der Waals surface area contributed by atoms with Crippen LogP contribution in [0.1, 0.15) is 51.5 Å². The molecule has 2 rings (SSSR count). The minimum atomic E-state index is -0.433. The smallest absolute Gasteiger partial charge is 0.407 e. The molecule has 3 N–H and O–H groups in total. The van der Waals surface area contributed by atoms with E-state index >= 15 is 0 Å². The molecule has 0 saturated heterocycles. The molecule has 0 aromatic heterocycles. The lowest BCUT2D eigenvalue weighted by atomic mass is 9.81. The molecule has 1 aromatic carbocycles. The van der Waals surface area contributed by atoms with Crippen molar-refractivity contribution in [1.29, 1.82) is 0 Å². The topological polar surface area (TPSA) is 109 Å². The fourth-order valence-electron chi connectivity index (χ4n) is 4.01. The van der Waals surface area contributed by atoms with Gasteiger partial charge in [0.25, 0.3) is 0 Å². The van der Waals surface area contributed by atoms with Gasteiger partial charge in [0.1, 0.15) is 0 Å². The predicted molar refractivity (Wildman–Crippen MR) is 130 cm³/mol. The third-order valence-electron chi connectivity index (χ3n) is 5.81. The fraction of sp³-hybridized carbons (Fsp3) is 0.640. The summed E-state index contributed by atoms with van der Waals surface area (Å²) < 4.78 is 10.4. The largest absolute Gasteiger partial charge is 0.449 e. The van der Waals surface area contributed by atoms with Gasteiger partial charge in [-0.3, -0.25) is 0 Å². The van der Waals surface area contributed by atoms with Gasteiger partial charge in [-0.1, -0.05) is 36.8 Å². The Morgan fingerprint density at radius 3 is 2.29 bits per heavy atom. The summed E-state index contributed by atoms with van der Waals surface area (Å²) in [6.45, 7) is 6.02. The Hall–Kier alpha value is -2.97. The average molecular weight is 477 g/mol.